The molecule has 1 heterocycles. The van der Waals surface area contributed by atoms with Gasteiger partial charge in [0.15, 0.2) is 0 Å². The summed E-state index contributed by atoms with van der Waals surface area (Å²) in [4.78, 5) is 3.96. The molecule has 0 fully saturated rings. The van der Waals surface area contributed by atoms with Gasteiger partial charge in [-0.1, -0.05) is 23.7 Å². The Morgan fingerprint density at radius 3 is 2.07 bits per heavy atom. The van der Waals surface area contributed by atoms with Crippen molar-refractivity contribution in [1.29, 1.82) is 0 Å². The fourth-order valence-electron chi connectivity index (χ4n) is 2.32. The van der Waals surface area contributed by atoms with Gasteiger partial charge in [0, 0.05) is 24.0 Å². The molecule has 0 saturated heterocycles. The van der Waals surface area contributed by atoms with Gasteiger partial charge in [-0.3, -0.25) is 4.98 Å². The van der Waals surface area contributed by atoms with Crippen molar-refractivity contribution in [3.05, 3.63) is 83.6 Å². The second-order valence-electron chi connectivity index (χ2n) is 5.81. The monoisotopic (exact) mass is 418 g/mol. The lowest BCUT2D eigenvalue weighted by Crippen LogP contribution is -2.23. The second kappa shape index (κ2) is 9.54. The number of ether oxygens (including phenoxy) is 2. The molecule has 3 rings (SSSR count). The molecule has 28 heavy (non-hydrogen) atoms. The molecular weight excluding hydrogens is 400 g/mol. The molecule has 0 atom stereocenters. The average molecular weight is 419 g/mol. The van der Waals surface area contributed by atoms with Gasteiger partial charge in [-0.15, -0.1) is 0 Å². The van der Waals surface area contributed by atoms with Crippen LogP contribution in [0.15, 0.2) is 78.0 Å². The normalized spacial score (nSPS) is 11.2. The van der Waals surface area contributed by atoms with Gasteiger partial charge < -0.3 is 9.47 Å². The van der Waals surface area contributed by atoms with Crippen LogP contribution in [0.4, 0.5) is 0 Å². The van der Waals surface area contributed by atoms with E-state index in [1.165, 1.54) is 18.5 Å². The van der Waals surface area contributed by atoms with Crippen LogP contribution in [-0.4, -0.2) is 26.6 Å². The third-order valence-corrected chi connectivity index (χ3v) is 5.41. The van der Waals surface area contributed by atoms with E-state index in [1.807, 2.05) is 0 Å². The molecule has 8 heteroatoms. The minimum atomic E-state index is -3.58. The summed E-state index contributed by atoms with van der Waals surface area (Å²) in [5.41, 5.74) is 0.817. The molecule has 0 bridgehead atoms. The molecule has 0 aliphatic rings. The molecule has 0 spiro atoms. The van der Waals surface area contributed by atoms with Crippen LogP contribution in [0.5, 0.6) is 11.5 Å². The number of rotatable bonds is 9. The Bertz CT molecular complexity index is 979. The minimum absolute atomic E-state index is 0.135. The number of aromatic nitrogens is 1. The van der Waals surface area contributed by atoms with E-state index in [2.05, 4.69) is 9.71 Å². The molecule has 1 N–H and O–H groups in total. The third kappa shape index (κ3) is 5.95. The molecule has 0 aliphatic heterocycles. The first-order valence-corrected chi connectivity index (χ1v) is 10.4. The third-order valence-electron chi connectivity index (χ3n) is 3.77. The molecule has 2 aromatic carbocycles. The number of nitrogens with one attached hydrogen (secondary N) is 1. The van der Waals surface area contributed by atoms with Gasteiger partial charge in [0.05, 0.1) is 0 Å². The van der Waals surface area contributed by atoms with Crippen molar-refractivity contribution in [3.8, 4) is 11.5 Å². The van der Waals surface area contributed by atoms with E-state index in [9.17, 15) is 8.42 Å². The largest absolute Gasteiger partial charge is 0.490 e. The maximum atomic E-state index is 12.2. The highest BCUT2D eigenvalue weighted by Crippen LogP contribution is 2.16. The molecule has 0 unspecified atom stereocenters. The first kappa shape index (κ1) is 20.1. The summed E-state index contributed by atoms with van der Waals surface area (Å²) in [6, 6.07) is 17.4. The quantitative estimate of drug-likeness (QED) is 0.536. The lowest BCUT2D eigenvalue weighted by Gasteiger charge is -2.10. The Labute approximate surface area is 169 Å². The van der Waals surface area contributed by atoms with Crippen LogP contribution in [0.2, 0.25) is 5.02 Å². The van der Waals surface area contributed by atoms with Crippen LogP contribution in [0.3, 0.4) is 0 Å². The number of benzene rings is 2. The Morgan fingerprint density at radius 2 is 1.50 bits per heavy atom. The van der Waals surface area contributed by atoms with Gasteiger partial charge in [0.1, 0.15) is 29.6 Å². The molecule has 3 aromatic rings. The van der Waals surface area contributed by atoms with Crippen molar-refractivity contribution in [2.45, 2.75) is 11.4 Å². The van der Waals surface area contributed by atoms with E-state index in [1.54, 1.807) is 54.6 Å². The highest BCUT2D eigenvalue weighted by atomic mass is 35.5. The van der Waals surface area contributed by atoms with Crippen LogP contribution < -0.4 is 14.2 Å². The summed E-state index contributed by atoms with van der Waals surface area (Å²) < 4.78 is 38.1. The summed E-state index contributed by atoms with van der Waals surface area (Å²) >= 11 is 5.82. The van der Waals surface area contributed by atoms with Crippen LogP contribution >= 0.6 is 11.6 Å². The van der Waals surface area contributed by atoms with Crippen LogP contribution in [-0.2, 0) is 16.6 Å². The second-order valence-corrected chi connectivity index (χ2v) is 8.01. The van der Waals surface area contributed by atoms with Gasteiger partial charge in [-0.05, 0) is 54.1 Å². The van der Waals surface area contributed by atoms with E-state index >= 15 is 0 Å². The molecule has 0 saturated carbocycles. The first-order chi connectivity index (χ1) is 13.5. The number of hydrogen-bond acceptors (Lipinski definition) is 5. The molecular formula is C20H19ClN2O4S. The first-order valence-electron chi connectivity index (χ1n) is 8.53. The Kier molecular flexibility index (Phi) is 6.86. The Morgan fingerprint density at radius 1 is 0.893 bits per heavy atom. The number of nitrogens with zero attached hydrogens (tertiary/aromatic N) is 1. The van der Waals surface area contributed by atoms with Gasteiger partial charge >= 0.3 is 0 Å². The standard InChI is InChI=1S/C20H19ClN2O4S/c21-17-5-9-19(10-6-17)27-13-12-26-18-7-3-16(4-8-18)14-23-28(24,25)20-2-1-11-22-15-20/h1-11,15,23H,12-14H2. The van der Waals surface area contributed by atoms with E-state index in [0.29, 0.717) is 24.0 Å². The summed E-state index contributed by atoms with van der Waals surface area (Å²) in [6.07, 6.45) is 2.84. The highest BCUT2D eigenvalue weighted by molar-refractivity contribution is 7.89. The topological polar surface area (TPSA) is 77.5 Å². The van der Waals surface area contributed by atoms with Crippen molar-refractivity contribution < 1.29 is 17.9 Å². The van der Waals surface area contributed by atoms with Crippen LogP contribution in [0.1, 0.15) is 5.56 Å². The van der Waals surface area contributed by atoms with E-state index in [4.69, 9.17) is 21.1 Å². The zero-order valence-corrected chi connectivity index (χ0v) is 16.5. The molecule has 6 nitrogen and oxygen atoms in total. The fourth-order valence-corrected chi connectivity index (χ4v) is 3.43. The van der Waals surface area contributed by atoms with E-state index in [0.717, 1.165) is 11.3 Å². The van der Waals surface area contributed by atoms with Crippen LogP contribution in [0, 0.1) is 0 Å². The van der Waals surface area contributed by atoms with Gasteiger partial charge in [0.2, 0.25) is 10.0 Å². The molecule has 146 valence electrons. The number of halogens is 1. The number of sulfonamides is 1. The number of pyridine rings is 1. The van der Waals surface area contributed by atoms with E-state index in [-0.39, 0.29) is 11.4 Å². The lowest BCUT2D eigenvalue weighted by molar-refractivity contribution is 0.217. The number of hydrogen-bond donors (Lipinski definition) is 1. The summed E-state index contributed by atoms with van der Waals surface area (Å²) in [5.74, 6) is 1.41. The average Bonchev–Trinajstić information content (AvgIpc) is 2.72. The maximum Gasteiger partial charge on any atom is 0.242 e. The summed E-state index contributed by atoms with van der Waals surface area (Å²) in [6.45, 7) is 0.959. The van der Waals surface area contributed by atoms with Gasteiger partial charge in [0.25, 0.3) is 0 Å². The van der Waals surface area contributed by atoms with Crippen molar-refractivity contribution in [3.63, 3.8) is 0 Å². The predicted octanol–water partition coefficient (Wildman–Crippen LogP) is 3.67. The highest BCUT2D eigenvalue weighted by Gasteiger charge is 2.13. The van der Waals surface area contributed by atoms with Crippen molar-refractivity contribution in [2.75, 3.05) is 13.2 Å². The molecule has 1 aromatic heterocycles. The van der Waals surface area contributed by atoms with Crippen LogP contribution in [0.25, 0.3) is 0 Å². The summed E-state index contributed by atoms with van der Waals surface area (Å²) in [5, 5.41) is 0.659. The smallest absolute Gasteiger partial charge is 0.242 e. The van der Waals surface area contributed by atoms with Gasteiger partial charge in [-0.25, -0.2) is 13.1 Å². The minimum Gasteiger partial charge on any atom is -0.490 e. The SMILES string of the molecule is O=S(=O)(NCc1ccc(OCCOc2ccc(Cl)cc2)cc1)c1cccnc1. The lowest BCUT2D eigenvalue weighted by atomic mass is 10.2. The molecule has 0 radical (unpaired) electrons. The molecule has 0 aliphatic carbocycles. The van der Waals surface area contributed by atoms with Crippen molar-refractivity contribution in [1.82, 2.24) is 9.71 Å². The van der Waals surface area contributed by atoms with Crippen molar-refractivity contribution in [2.24, 2.45) is 0 Å². The maximum absolute atomic E-state index is 12.2. The predicted molar refractivity (Wildman–Crippen MR) is 107 cm³/mol. The zero-order valence-electron chi connectivity index (χ0n) is 14.9. The van der Waals surface area contributed by atoms with Crippen molar-refractivity contribution >= 4 is 21.6 Å². The Hall–Kier alpha value is -2.61. The fraction of sp³-hybridized carbons (Fsp3) is 0.150. The molecule has 0 amide bonds. The zero-order chi connectivity index (χ0) is 19.8. The van der Waals surface area contributed by atoms with E-state index < -0.39 is 10.0 Å². The summed E-state index contributed by atoms with van der Waals surface area (Å²) in [7, 11) is -3.58. The Balaban J connectivity index is 1.44. The van der Waals surface area contributed by atoms with Gasteiger partial charge in [-0.2, -0.15) is 0 Å².